The minimum atomic E-state index is -0.417. The van der Waals surface area contributed by atoms with E-state index in [2.05, 4.69) is 20.9 Å². The van der Waals surface area contributed by atoms with E-state index in [9.17, 15) is 0 Å². The number of nitrogens with two attached hydrogens (primary N) is 1. The van der Waals surface area contributed by atoms with E-state index in [-0.39, 0.29) is 11.2 Å². The van der Waals surface area contributed by atoms with Crippen molar-refractivity contribution in [2.75, 3.05) is 5.73 Å². The van der Waals surface area contributed by atoms with Gasteiger partial charge in [0.15, 0.2) is 0 Å². The number of nitrogens with zero attached hydrogens (tertiary/aromatic N) is 1. The van der Waals surface area contributed by atoms with Gasteiger partial charge in [-0.1, -0.05) is 0 Å². The molecule has 0 amide bonds. The first-order valence-electron chi connectivity index (χ1n) is 5.49. The molecule has 2 rings (SSSR count). The lowest BCUT2D eigenvalue weighted by Crippen LogP contribution is -2.41. The molecule has 2 heterocycles. The number of aromatic nitrogens is 1. The number of hydrogen-bond donors (Lipinski definition) is 1. The van der Waals surface area contributed by atoms with Gasteiger partial charge >= 0.3 is 7.12 Å². The van der Waals surface area contributed by atoms with Crippen LogP contribution in [0.15, 0.2) is 16.7 Å². The summed E-state index contributed by atoms with van der Waals surface area (Å²) >= 11 is 3.44. The fourth-order valence-corrected chi connectivity index (χ4v) is 2.03. The maximum absolute atomic E-state index is 5.95. The van der Waals surface area contributed by atoms with Gasteiger partial charge in [-0.3, -0.25) is 0 Å². The molecule has 0 radical (unpaired) electrons. The predicted octanol–water partition coefficient (Wildman–Crippen LogP) is 1.73. The molecule has 1 aromatic rings. The lowest BCUT2D eigenvalue weighted by Gasteiger charge is -2.32. The molecule has 0 unspecified atom stereocenters. The van der Waals surface area contributed by atoms with Crippen molar-refractivity contribution in [1.29, 1.82) is 0 Å². The van der Waals surface area contributed by atoms with Crippen LogP contribution in [-0.4, -0.2) is 23.3 Å². The summed E-state index contributed by atoms with van der Waals surface area (Å²) in [5.41, 5.74) is 5.85. The third-order valence-corrected chi connectivity index (χ3v) is 4.08. The standard InChI is InChI=1S/C11H16BBrN2O2/c1-10(2)11(3,4)17-12(16-10)7-5-9(14)15-6-8(7)13/h5-6H,1-4H3,(H2,14,15). The van der Waals surface area contributed by atoms with E-state index in [1.807, 2.05) is 27.7 Å². The molecule has 0 saturated carbocycles. The number of anilines is 1. The smallest absolute Gasteiger partial charge is 0.399 e. The van der Waals surface area contributed by atoms with Crippen LogP contribution in [0.5, 0.6) is 0 Å². The molecule has 0 aliphatic carbocycles. The van der Waals surface area contributed by atoms with Crippen LogP contribution in [-0.2, 0) is 9.31 Å². The summed E-state index contributed by atoms with van der Waals surface area (Å²) in [4.78, 5) is 4.00. The van der Waals surface area contributed by atoms with Crippen molar-refractivity contribution in [1.82, 2.24) is 4.98 Å². The molecule has 0 bridgehead atoms. The Morgan fingerprint density at radius 2 is 1.76 bits per heavy atom. The van der Waals surface area contributed by atoms with E-state index >= 15 is 0 Å². The van der Waals surface area contributed by atoms with Crippen LogP contribution < -0.4 is 11.2 Å². The highest BCUT2D eigenvalue weighted by Gasteiger charge is 2.52. The lowest BCUT2D eigenvalue weighted by molar-refractivity contribution is 0.00578. The zero-order chi connectivity index (χ0) is 12.8. The minimum Gasteiger partial charge on any atom is -0.399 e. The molecule has 0 atom stereocenters. The molecule has 0 spiro atoms. The first kappa shape index (κ1) is 12.9. The van der Waals surface area contributed by atoms with Crippen molar-refractivity contribution in [3.8, 4) is 0 Å². The molecule has 4 nitrogen and oxygen atoms in total. The van der Waals surface area contributed by atoms with E-state index in [1.165, 1.54) is 0 Å². The Morgan fingerprint density at radius 1 is 1.24 bits per heavy atom. The summed E-state index contributed by atoms with van der Waals surface area (Å²) in [6, 6.07) is 1.77. The van der Waals surface area contributed by atoms with Crippen LogP contribution in [0, 0.1) is 0 Å². The average Bonchev–Trinajstić information content (AvgIpc) is 2.40. The van der Waals surface area contributed by atoms with Crippen molar-refractivity contribution in [3.63, 3.8) is 0 Å². The van der Waals surface area contributed by atoms with E-state index in [0.717, 1.165) is 9.94 Å². The molecule has 1 aromatic heterocycles. The second-order valence-electron chi connectivity index (χ2n) is 5.22. The molecule has 1 aliphatic heterocycles. The van der Waals surface area contributed by atoms with Crippen molar-refractivity contribution in [3.05, 3.63) is 16.7 Å². The van der Waals surface area contributed by atoms with Crippen molar-refractivity contribution in [2.24, 2.45) is 0 Å². The van der Waals surface area contributed by atoms with Crippen molar-refractivity contribution < 1.29 is 9.31 Å². The highest BCUT2D eigenvalue weighted by atomic mass is 79.9. The molecule has 2 N–H and O–H groups in total. The molecular formula is C11H16BBrN2O2. The summed E-state index contributed by atoms with van der Waals surface area (Å²) in [5.74, 6) is 0.456. The Kier molecular flexibility index (Phi) is 3.00. The van der Waals surface area contributed by atoms with Crippen LogP contribution in [0.2, 0.25) is 0 Å². The molecular weight excluding hydrogens is 283 g/mol. The van der Waals surface area contributed by atoms with Gasteiger partial charge in [-0.25, -0.2) is 4.98 Å². The first-order valence-corrected chi connectivity index (χ1v) is 6.29. The summed E-state index contributed by atoms with van der Waals surface area (Å²) < 4.78 is 12.7. The Bertz CT molecular complexity index is 435. The Hall–Kier alpha value is -0.585. The molecule has 0 aromatic carbocycles. The first-order chi connectivity index (χ1) is 7.73. The van der Waals surface area contributed by atoms with E-state index in [4.69, 9.17) is 15.0 Å². The van der Waals surface area contributed by atoms with Gasteiger partial charge in [-0.15, -0.1) is 0 Å². The second-order valence-corrected chi connectivity index (χ2v) is 6.07. The molecule has 1 saturated heterocycles. The molecule has 1 aliphatic rings. The number of rotatable bonds is 1. The summed E-state index contributed by atoms with van der Waals surface area (Å²) in [7, 11) is -0.417. The minimum absolute atomic E-state index is 0.352. The Balaban J connectivity index is 2.35. The topological polar surface area (TPSA) is 57.4 Å². The van der Waals surface area contributed by atoms with Crippen LogP contribution in [0.4, 0.5) is 5.82 Å². The summed E-state index contributed by atoms with van der Waals surface area (Å²) in [5, 5.41) is 0. The second kappa shape index (κ2) is 3.97. The van der Waals surface area contributed by atoms with Crippen molar-refractivity contribution in [2.45, 2.75) is 38.9 Å². The van der Waals surface area contributed by atoms with Gasteiger partial charge in [0.05, 0.1) is 11.2 Å². The lowest BCUT2D eigenvalue weighted by atomic mass is 9.80. The van der Waals surface area contributed by atoms with Gasteiger partial charge in [-0.05, 0) is 49.7 Å². The summed E-state index contributed by atoms with van der Waals surface area (Å²) in [6.07, 6.45) is 1.66. The SMILES string of the molecule is CC1(C)OB(c2cc(N)ncc2Br)OC1(C)C. The van der Waals surface area contributed by atoms with Crippen LogP contribution in [0.3, 0.4) is 0 Å². The van der Waals surface area contributed by atoms with E-state index in [1.54, 1.807) is 12.3 Å². The average molecular weight is 299 g/mol. The quantitative estimate of drug-likeness (QED) is 0.802. The molecule has 6 heteroatoms. The predicted molar refractivity (Wildman–Crippen MR) is 72.1 cm³/mol. The monoisotopic (exact) mass is 298 g/mol. The number of nitrogen functional groups attached to an aromatic ring is 1. The largest absolute Gasteiger partial charge is 0.496 e. The molecule has 1 fully saturated rings. The van der Waals surface area contributed by atoms with Gasteiger partial charge < -0.3 is 15.0 Å². The van der Waals surface area contributed by atoms with Crippen LogP contribution in [0.25, 0.3) is 0 Å². The Morgan fingerprint density at radius 3 is 2.29 bits per heavy atom. The van der Waals surface area contributed by atoms with Crippen molar-refractivity contribution >= 4 is 34.3 Å². The van der Waals surface area contributed by atoms with E-state index < -0.39 is 7.12 Å². The Labute approximate surface area is 110 Å². The van der Waals surface area contributed by atoms with Gasteiger partial charge in [0.1, 0.15) is 5.82 Å². The third-order valence-electron chi connectivity index (χ3n) is 3.41. The number of hydrogen-bond acceptors (Lipinski definition) is 4. The highest BCUT2D eigenvalue weighted by molar-refractivity contribution is 9.10. The summed E-state index contributed by atoms with van der Waals surface area (Å²) in [6.45, 7) is 8.08. The van der Waals surface area contributed by atoms with Crippen LogP contribution in [0.1, 0.15) is 27.7 Å². The highest BCUT2D eigenvalue weighted by Crippen LogP contribution is 2.36. The molecule has 92 valence electrons. The fourth-order valence-electron chi connectivity index (χ4n) is 1.62. The van der Waals surface area contributed by atoms with E-state index in [0.29, 0.717) is 5.82 Å². The fraction of sp³-hybridized carbons (Fsp3) is 0.545. The molecule has 17 heavy (non-hydrogen) atoms. The zero-order valence-corrected chi connectivity index (χ0v) is 12.0. The number of halogens is 1. The third kappa shape index (κ3) is 2.21. The van der Waals surface area contributed by atoms with Gasteiger partial charge in [0, 0.05) is 16.1 Å². The zero-order valence-electron chi connectivity index (χ0n) is 10.5. The maximum Gasteiger partial charge on any atom is 0.496 e. The van der Waals surface area contributed by atoms with Gasteiger partial charge in [-0.2, -0.15) is 0 Å². The normalized spacial score (nSPS) is 21.8. The van der Waals surface area contributed by atoms with Gasteiger partial charge in [0.2, 0.25) is 0 Å². The van der Waals surface area contributed by atoms with Crippen LogP contribution >= 0.6 is 15.9 Å². The maximum atomic E-state index is 5.95. The van der Waals surface area contributed by atoms with Gasteiger partial charge in [0.25, 0.3) is 0 Å². The number of pyridine rings is 1.